The number of halogens is 1. The normalized spacial score (nSPS) is 15.8. The van der Waals surface area contributed by atoms with E-state index in [4.69, 9.17) is 11.6 Å². The average molecular weight is 303 g/mol. The molecule has 0 amide bonds. The van der Waals surface area contributed by atoms with Crippen LogP contribution in [0.3, 0.4) is 0 Å². The molecule has 0 aromatic carbocycles. The van der Waals surface area contributed by atoms with Crippen LogP contribution in [-0.2, 0) is 4.79 Å². The molecule has 0 spiro atoms. The zero-order valence-electron chi connectivity index (χ0n) is 11.3. The Morgan fingerprint density at radius 3 is 2.89 bits per heavy atom. The summed E-state index contributed by atoms with van der Waals surface area (Å²) in [6, 6.07) is 3.56. The Kier molecular flexibility index (Phi) is 6.10. The third-order valence-corrected chi connectivity index (χ3v) is 4.31. The number of aromatic nitrogens is 1. The Bertz CT molecular complexity index is 444. The van der Waals surface area contributed by atoms with Gasteiger partial charge in [-0.05, 0) is 32.0 Å². The minimum absolute atomic E-state index is 0.0903. The van der Waals surface area contributed by atoms with Crippen molar-refractivity contribution in [2.24, 2.45) is 0 Å². The molecule has 4 nitrogen and oxygen atoms in total. The van der Waals surface area contributed by atoms with Crippen molar-refractivity contribution in [1.29, 1.82) is 0 Å². The second-order valence-corrected chi connectivity index (χ2v) is 6.42. The molecule has 2 unspecified atom stereocenters. The van der Waals surface area contributed by atoms with Crippen LogP contribution in [0.1, 0.15) is 27.2 Å². The molecule has 0 aliphatic carbocycles. The van der Waals surface area contributed by atoms with Crippen molar-refractivity contribution < 1.29 is 9.90 Å². The van der Waals surface area contributed by atoms with Gasteiger partial charge in [-0.15, -0.1) is 11.8 Å². The predicted molar refractivity (Wildman–Crippen MR) is 78.9 cm³/mol. The number of thioether (sulfide) groups is 1. The number of nitrogens with zero attached hydrogens (tertiary/aromatic N) is 1. The first-order chi connectivity index (χ1) is 8.89. The minimum Gasteiger partial charge on any atom is -0.480 e. The maximum atomic E-state index is 11.4. The summed E-state index contributed by atoms with van der Waals surface area (Å²) in [5.74, 6) is -0.839. The van der Waals surface area contributed by atoms with Gasteiger partial charge in [-0.25, -0.2) is 4.98 Å². The average Bonchev–Trinajstić information content (AvgIpc) is 2.32. The maximum Gasteiger partial charge on any atom is 0.323 e. The fraction of sp³-hybridized carbons (Fsp3) is 0.538. The van der Waals surface area contributed by atoms with Crippen LogP contribution in [-0.4, -0.2) is 33.4 Å². The van der Waals surface area contributed by atoms with Crippen molar-refractivity contribution >= 4 is 29.3 Å². The first-order valence-electron chi connectivity index (χ1n) is 6.14. The molecular formula is C13H19ClN2O2S. The second kappa shape index (κ2) is 7.12. The highest BCUT2D eigenvalue weighted by atomic mass is 35.5. The van der Waals surface area contributed by atoms with Gasteiger partial charge in [0, 0.05) is 11.4 Å². The van der Waals surface area contributed by atoms with E-state index in [1.54, 1.807) is 25.3 Å². The van der Waals surface area contributed by atoms with E-state index < -0.39 is 11.5 Å². The summed E-state index contributed by atoms with van der Waals surface area (Å²) < 4.78 is 0. The highest BCUT2D eigenvalue weighted by molar-refractivity contribution is 7.99. The minimum atomic E-state index is -0.928. The van der Waals surface area contributed by atoms with Gasteiger partial charge < -0.3 is 10.4 Å². The molecule has 0 saturated carbocycles. The van der Waals surface area contributed by atoms with E-state index in [0.29, 0.717) is 18.0 Å². The van der Waals surface area contributed by atoms with E-state index in [1.807, 2.05) is 13.8 Å². The number of pyridine rings is 1. The third-order valence-electron chi connectivity index (χ3n) is 2.77. The van der Waals surface area contributed by atoms with Crippen molar-refractivity contribution in [3.05, 3.63) is 23.4 Å². The highest BCUT2D eigenvalue weighted by Gasteiger charge is 2.34. The van der Waals surface area contributed by atoms with Crippen molar-refractivity contribution in [2.45, 2.75) is 43.0 Å². The van der Waals surface area contributed by atoms with Crippen LogP contribution in [0.4, 0.5) is 0 Å². The summed E-state index contributed by atoms with van der Waals surface area (Å²) in [5.41, 5.74) is -0.928. The molecule has 1 aromatic heterocycles. The monoisotopic (exact) mass is 302 g/mol. The summed E-state index contributed by atoms with van der Waals surface area (Å²) in [6.45, 7) is 6.20. The van der Waals surface area contributed by atoms with E-state index >= 15 is 0 Å². The molecule has 19 heavy (non-hydrogen) atoms. The SMILES string of the molecule is CCNC(C)(CC(C)Sc1ncccc1Cl)C(=O)O. The quantitative estimate of drug-likeness (QED) is 0.758. The number of carboxylic acids is 1. The topological polar surface area (TPSA) is 62.2 Å². The molecule has 0 saturated heterocycles. The molecular weight excluding hydrogens is 284 g/mol. The number of aliphatic carboxylic acids is 1. The Hall–Kier alpha value is -0.780. The Morgan fingerprint density at radius 2 is 2.37 bits per heavy atom. The molecule has 1 aromatic rings. The summed E-state index contributed by atoms with van der Waals surface area (Å²) >= 11 is 7.54. The highest BCUT2D eigenvalue weighted by Crippen LogP contribution is 2.31. The van der Waals surface area contributed by atoms with Gasteiger partial charge in [0.1, 0.15) is 10.6 Å². The molecule has 2 atom stereocenters. The van der Waals surface area contributed by atoms with Crippen molar-refractivity contribution in [3.8, 4) is 0 Å². The first kappa shape index (κ1) is 16.3. The number of rotatable bonds is 7. The van der Waals surface area contributed by atoms with Crippen LogP contribution < -0.4 is 5.32 Å². The lowest BCUT2D eigenvalue weighted by Gasteiger charge is -2.28. The van der Waals surface area contributed by atoms with Gasteiger partial charge in [-0.1, -0.05) is 25.4 Å². The second-order valence-electron chi connectivity index (χ2n) is 4.59. The third kappa shape index (κ3) is 4.67. The van der Waals surface area contributed by atoms with E-state index in [2.05, 4.69) is 10.3 Å². The fourth-order valence-electron chi connectivity index (χ4n) is 1.89. The molecule has 106 valence electrons. The van der Waals surface area contributed by atoms with Crippen molar-refractivity contribution in [2.75, 3.05) is 6.54 Å². The molecule has 2 N–H and O–H groups in total. The zero-order chi connectivity index (χ0) is 14.5. The van der Waals surface area contributed by atoms with Crippen LogP contribution in [0.25, 0.3) is 0 Å². The van der Waals surface area contributed by atoms with Crippen LogP contribution in [0.15, 0.2) is 23.4 Å². The van der Waals surface area contributed by atoms with Gasteiger partial charge >= 0.3 is 5.97 Å². The van der Waals surface area contributed by atoms with E-state index in [9.17, 15) is 9.90 Å². The number of hydrogen-bond donors (Lipinski definition) is 2. The summed E-state index contributed by atoms with van der Waals surface area (Å²) in [6.07, 6.45) is 2.18. The van der Waals surface area contributed by atoms with Gasteiger partial charge in [0.2, 0.25) is 0 Å². The van der Waals surface area contributed by atoms with Gasteiger partial charge in [0.25, 0.3) is 0 Å². The number of carbonyl (C=O) groups is 1. The zero-order valence-corrected chi connectivity index (χ0v) is 12.9. The molecule has 0 fully saturated rings. The number of nitrogens with one attached hydrogen (secondary N) is 1. The first-order valence-corrected chi connectivity index (χ1v) is 7.40. The summed E-state index contributed by atoms with van der Waals surface area (Å²) in [7, 11) is 0. The van der Waals surface area contributed by atoms with Gasteiger partial charge in [0.05, 0.1) is 5.02 Å². The van der Waals surface area contributed by atoms with Gasteiger partial charge in [0.15, 0.2) is 0 Å². The van der Waals surface area contributed by atoms with Crippen LogP contribution >= 0.6 is 23.4 Å². The standard InChI is InChI=1S/C13H19ClN2O2S/c1-4-16-13(3,12(17)18)8-9(2)19-11-10(14)6-5-7-15-11/h5-7,9,16H,4,8H2,1-3H3,(H,17,18). The largest absolute Gasteiger partial charge is 0.480 e. The number of hydrogen-bond acceptors (Lipinski definition) is 4. The van der Waals surface area contributed by atoms with Gasteiger partial charge in [-0.3, -0.25) is 4.79 Å². The van der Waals surface area contributed by atoms with Crippen LogP contribution in [0, 0.1) is 0 Å². The number of likely N-dealkylation sites (N-methyl/N-ethyl adjacent to an activating group) is 1. The maximum absolute atomic E-state index is 11.4. The van der Waals surface area contributed by atoms with E-state index in [1.165, 1.54) is 11.8 Å². The predicted octanol–water partition coefficient (Wildman–Crippen LogP) is 3.06. The molecule has 1 rings (SSSR count). The van der Waals surface area contributed by atoms with Crippen molar-refractivity contribution in [1.82, 2.24) is 10.3 Å². The van der Waals surface area contributed by atoms with Gasteiger partial charge in [-0.2, -0.15) is 0 Å². The van der Waals surface area contributed by atoms with E-state index in [0.717, 1.165) is 5.03 Å². The molecule has 1 heterocycles. The van der Waals surface area contributed by atoms with Crippen molar-refractivity contribution in [3.63, 3.8) is 0 Å². The molecule has 0 bridgehead atoms. The summed E-state index contributed by atoms with van der Waals surface area (Å²) in [5, 5.41) is 13.8. The Labute approximate surface area is 123 Å². The molecule has 0 aliphatic rings. The molecule has 6 heteroatoms. The smallest absolute Gasteiger partial charge is 0.323 e. The fourth-order valence-corrected chi connectivity index (χ4v) is 3.25. The number of carboxylic acid groups (broad SMARTS) is 1. The Balaban J connectivity index is 2.71. The van der Waals surface area contributed by atoms with E-state index in [-0.39, 0.29) is 5.25 Å². The van der Waals surface area contributed by atoms with Crippen LogP contribution in [0.5, 0.6) is 0 Å². The summed E-state index contributed by atoms with van der Waals surface area (Å²) in [4.78, 5) is 15.6. The Morgan fingerprint density at radius 1 is 1.68 bits per heavy atom. The lowest BCUT2D eigenvalue weighted by molar-refractivity contribution is -0.144. The lowest BCUT2D eigenvalue weighted by Crippen LogP contribution is -2.50. The lowest BCUT2D eigenvalue weighted by atomic mass is 9.96. The molecule has 0 aliphatic heterocycles. The molecule has 0 radical (unpaired) electrons. The van der Waals surface area contributed by atoms with Crippen LogP contribution in [0.2, 0.25) is 5.02 Å².